The maximum atomic E-state index is 11.6. The molecule has 0 aliphatic carbocycles. The number of carboxylic acids is 1. The Morgan fingerprint density at radius 1 is 1.35 bits per heavy atom. The van der Waals surface area contributed by atoms with Crippen molar-refractivity contribution in [2.24, 2.45) is 0 Å². The van der Waals surface area contributed by atoms with Gasteiger partial charge in [-0.05, 0) is 31.9 Å². The summed E-state index contributed by atoms with van der Waals surface area (Å²) in [5, 5.41) is 11.2. The van der Waals surface area contributed by atoms with Gasteiger partial charge in [0.15, 0.2) is 0 Å². The second kappa shape index (κ2) is 6.62. The SMILES string of the molecule is Cc1ccc(C(=O)NCCCCC(=O)O)cn1. The number of carbonyl (C=O) groups is 2. The van der Waals surface area contributed by atoms with Crippen LogP contribution in [-0.2, 0) is 4.79 Å². The summed E-state index contributed by atoms with van der Waals surface area (Å²) in [6, 6.07) is 3.49. The van der Waals surface area contributed by atoms with Crippen molar-refractivity contribution >= 4 is 11.9 Å². The van der Waals surface area contributed by atoms with E-state index in [0.29, 0.717) is 24.9 Å². The Labute approximate surface area is 99.9 Å². The molecule has 0 bridgehead atoms. The van der Waals surface area contributed by atoms with Crippen LogP contribution in [0.25, 0.3) is 0 Å². The smallest absolute Gasteiger partial charge is 0.303 e. The normalized spacial score (nSPS) is 9.94. The summed E-state index contributed by atoms with van der Waals surface area (Å²) < 4.78 is 0. The van der Waals surface area contributed by atoms with Crippen LogP contribution in [0.5, 0.6) is 0 Å². The van der Waals surface area contributed by atoms with Gasteiger partial charge in [0.2, 0.25) is 0 Å². The molecule has 1 aromatic heterocycles. The molecule has 1 rings (SSSR count). The first kappa shape index (κ1) is 13.2. The van der Waals surface area contributed by atoms with Gasteiger partial charge in [-0.25, -0.2) is 0 Å². The predicted molar refractivity (Wildman–Crippen MR) is 62.8 cm³/mol. The fourth-order valence-corrected chi connectivity index (χ4v) is 1.31. The van der Waals surface area contributed by atoms with Gasteiger partial charge in [0.1, 0.15) is 0 Å². The van der Waals surface area contributed by atoms with E-state index < -0.39 is 5.97 Å². The van der Waals surface area contributed by atoms with E-state index in [-0.39, 0.29) is 12.3 Å². The molecule has 0 aliphatic heterocycles. The minimum absolute atomic E-state index is 0.141. The Bertz CT molecular complexity index is 387. The molecule has 17 heavy (non-hydrogen) atoms. The highest BCUT2D eigenvalue weighted by molar-refractivity contribution is 5.93. The Kier molecular flexibility index (Phi) is 5.13. The number of rotatable bonds is 6. The van der Waals surface area contributed by atoms with Crippen molar-refractivity contribution in [1.82, 2.24) is 10.3 Å². The molecule has 0 unspecified atom stereocenters. The predicted octanol–water partition coefficient (Wildman–Crippen LogP) is 1.37. The molecule has 92 valence electrons. The van der Waals surface area contributed by atoms with Gasteiger partial charge in [0, 0.05) is 24.9 Å². The van der Waals surface area contributed by atoms with Gasteiger partial charge in [-0.15, -0.1) is 0 Å². The lowest BCUT2D eigenvalue weighted by Gasteiger charge is -2.04. The molecule has 5 nitrogen and oxygen atoms in total. The van der Waals surface area contributed by atoms with Gasteiger partial charge in [0.25, 0.3) is 5.91 Å². The molecular formula is C12H16N2O3. The van der Waals surface area contributed by atoms with E-state index in [4.69, 9.17) is 5.11 Å². The minimum atomic E-state index is -0.806. The van der Waals surface area contributed by atoms with Gasteiger partial charge in [0.05, 0.1) is 5.56 Å². The lowest BCUT2D eigenvalue weighted by atomic mass is 10.2. The topological polar surface area (TPSA) is 79.3 Å². The first-order valence-corrected chi connectivity index (χ1v) is 5.52. The zero-order valence-corrected chi connectivity index (χ0v) is 9.77. The van der Waals surface area contributed by atoms with Gasteiger partial charge in [-0.2, -0.15) is 0 Å². The molecule has 0 aliphatic rings. The van der Waals surface area contributed by atoms with Crippen LogP contribution < -0.4 is 5.32 Å². The van der Waals surface area contributed by atoms with E-state index in [2.05, 4.69) is 10.3 Å². The third-order valence-electron chi connectivity index (χ3n) is 2.28. The molecule has 1 amide bonds. The summed E-state index contributed by atoms with van der Waals surface area (Å²) in [4.78, 5) is 25.9. The van der Waals surface area contributed by atoms with Gasteiger partial charge in [-0.1, -0.05) is 0 Å². The van der Waals surface area contributed by atoms with Crippen LogP contribution in [0.4, 0.5) is 0 Å². The van der Waals surface area contributed by atoms with E-state index >= 15 is 0 Å². The maximum absolute atomic E-state index is 11.6. The number of hydrogen-bond donors (Lipinski definition) is 2. The largest absolute Gasteiger partial charge is 0.481 e. The molecule has 1 heterocycles. The number of aryl methyl sites for hydroxylation is 1. The van der Waals surface area contributed by atoms with Crippen LogP contribution in [0.3, 0.4) is 0 Å². The standard InChI is InChI=1S/C12H16N2O3/c1-9-5-6-10(8-14-9)12(17)13-7-3-2-4-11(15)16/h5-6,8H,2-4,7H2,1H3,(H,13,17)(H,15,16). The number of unbranched alkanes of at least 4 members (excludes halogenated alkanes) is 1. The Morgan fingerprint density at radius 2 is 2.12 bits per heavy atom. The molecule has 0 aromatic carbocycles. The van der Waals surface area contributed by atoms with Gasteiger partial charge in [-0.3, -0.25) is 14.6 Å². The summed E-state index contributed by atoms with van der Waals surface area (Å²) in [7, 11) is 0. The third kappa shape index (κ3) is 5.10. The first-order chi connectivity index (χ1) is 8.09. The number of nitrogens with zero attached hydrogens (tertiary/aromatic N) is 1. The highest BCUT2D eigenvalue weighted by Gasteiger charge is 2.04. The van der Waals surface area contributed by atoms with Crippen LogP contribution in [0.15, 0.2) is 18.3 Å². The second-order valence-electron chi connectivity index (χ2n) is 3.80. The number of nitrogens with one attached hydrogen (secondary N) is 1. The van der Waals surface area contributed by atoms with Crippen LogP contribution >= 0.6 is 0 Å². The van der Waals surface area contributed by atoms with Crippen molar-refractivity contribution in [2.45, 2.75) is 26.2 Å². The molecule has 1 aromatic rings. The van der Waals surface area contributed by atoms with Crippen molar-refractivity contribution in [1.29, 1.82) is 0 Å². The number of aliphatic carboxylic acids is 1. The molecule has 0 saturated heterocycles. The van der Waals surface area contributed by atoms with Crippen LogP contribution in [0, 0.1) is 6.92 Å². The van der Waals surface area contributed by atoms with Crippen LogP contribution in [0.2, 0.25) is 0 Å². The first-order valence-electron chi connectivity index (χ1n) is 5.52. The average Bonchev–Trinajstić information content (AvgIpc) is 2.29. The second-order valence-corrected chi connectivity index (χ2v) is 3.80. The number of hydrogen-bond acceptors (Lipinski definition) is 3. The van der Waals surface area contributed by atoms with E-state index in [1.54, 1.807) is 12.1 Å². The Balaban J connectivity index is 2.25. The maximum Gasteiger partial charge on any atom is 0.303 e. The Hall–Kier alpha value is -1.91. The number of pyridine rings is 1. The van der Waals surface area contributed by atoms with Gasteiger partial charge >= 0.3 is 5.97 Å². The number of carbonyl (C=O) groups excluding carboxylic acids is 1. The van der Waals surface area contributed by atoms with Crippen LogP contribution in [0.1, 0.15) is 35.3 Å². The van der Waals surface area contributed by atoms with Crippen molar-refractivity contribution in [3.8, 4) is 0 Å². The highest BCUT2D eigenvalue weighted by Crippen LogP contribution is 1.99. The van der Waals surface area contributed by atoms with Gasteiger partial charge < -0.3 is 10.4 Å². The molecule has 0 spiro atoms. The minimum Gasteiger partial charge on any atom is -0.481 e. The summed E-state index contributed by atoms with van der Waals surface area (Å²) in [6.45, 7) is 2.34. The van der Waals surface area contributed by atoms with Crippen molar-refractivity contribution < 1.29 is 14.7 Å². The summed E-state index contributed by atoms with van der Waals surface area (Å²) in [6.07, 6.45) is 2.91. The molecule has 0 fully saturated rings. The van der Waals surface area contributed by atoms with Crippen molar-refractivity contribution in [3.05, 3.63) is 29.6 Å². The molecule has 0 saturated carbocycles. The molecule has 5 heteroatoms. The average molecular weight is 236 g/mol. The summed E-state index contributed by atoms with van der Waals surface area (Å²) >= 11 is 0. The summed E-state index contributed by atoms with van der Waals surface area (Å²) in [5.41, 5.74) is 1.39. The lowest BCUT2D eigenvalue weighted by molar-refractivity contribution is -0.137. The van der Waals surface area contributed by atoms with E-state index in [9.17, 15) is 9.59 Å². The summed E-state index contributed by atoms with van der Waals surface area (Å²) in [5.74, 6) is -0.980. The zero-order valence-electron chi connectivity index (χ0n) is 9.77. The molecule has 0 atom stereocenters. The van der Waals surface area contributed by atoms with E-state index in [1.807, 2.05) is 6.92 Å². The fourth-order valence-electron chi connectivity index (χ4n) is 1.31. The van der Waals surface area contributed by atoms with E-state index in [0.717, 1.165) is 5.69 Å². The van der Waals surface area contributed by atoms with E-state index in [1.165, 1.54) is 6.20 Å². The third-order valence-corrected chi connectivity index (χ3v) is 2.28. The number of amides is 1. The quantitative estimate of drug-likeness (QED) is 0.731. The van der Waals surface area contributed by atoms with Crippen molar-refractivity contribution in [3.63, 3.8) is 0 Å². The lowest BCUT2D eigenvalue weighted by Crippen LogP contribution is -2.24. The Morgan fingerprint density at radius 3 is 2.71 bits per heavy atom. The van der Waals surface area contributed by atoms with Crippen LogP contribution in [-0.4, -0.2) is 28.5 Å². The zero-order chi connectivity index (χ0) is 12.7. The van der Waals surface area contributed by atoms with Crippen molar-refractivity contribution in [2.75, 3.05) is 6.54 Å². The monoisotopic (exact) mass is 236 g/mol. The molecule has 0 radical (unpaired) electrons. The number of aromatic nitrogens is 1. The number of carboxylic acid groups (broad SMARTS) is 1. The molecular weight excluding hydrogens is 220 g/mol. The fraction of sp³-hybridized carbons (Fsp3) is 0.417. The highest BCUT2D eigenvalue weighted by atomic mass is 16.4. The molecule has 2 N–H and O–H groups in total.